The van der Waals surface area contributed by atoms with Crippen LogP contribution >= 0.6 is 11.6 Å². The predicted octanol–water partition coefficient (Wildman–Crippen LogP) is 3.99. The van der Waals surface area contributed by atoms with E-state index in [2.05, 4.69) is 14.5 Å². The molecule has 20 heavy (non-hydrogen) atoms. The lowest BCUT2D eigenvalue weighted by molar-refractivity contribution is 0.456. The van der Waals surface area contributed by atoms with Gasteiger partial charge in [-0.1, -0.05) is 12.1 Å². The molecule has 0 radical (unpaired) electrons. The molecule has 2 aromatic heterocycles. The average Bonchev–Trinajstić information content (AvgIpc) is 2.92. The van der Waals surface area contributed by atoms with Gasteiger partial charge in [-0.05, 0) is 32.9 Å². The molecule has 0 spiro atoms. The van der Waals surface area contributed by atoms with E-state index in [-0.39, 0.29) is 5.38 Å². The molecule has 1 aromatic carbocycles. The highest BCUT2D eigenvalue weighted by Gasteiger charge is 2.17. The minimum atomic E-state index is -0.167. The van der Waals surface area contributed by atoms with Crippen molar-refractivity contribution in [1.29, 1.82) is 0 Å². The van der Waals surface area contributed by atoms with E-state index in [0.717, 1.165) is 28.3 Å². The molecule has 4 nitrogen and oxygen atoms in total. The summed E-state index contributed by atoms with van der Waals surface area (Å²) in [6.07, 6.45) is 0. The van der Waals surface area contributed by atoms with E-state index in [4.69, 9.17) is 16.0 Å². The van der Waals surface area contributed by atoms with Crippen molar-refractivity contribution in [2.24, 2.45) is 0 Å². The molecule has 0 aliphatic heterocycles. The molecule has 5 heteroatoms. The van der Waals surface area contributed by atoms with Crippen LogP contribution in [0.15, 0.2) is 28.7 Å². The first-order valence-electron chi connectivity index (χ1n) is 6.58. The molecule has 0 fully saturated rings. The third-order valence-corrected chi connectivity index (χ3v) is 3.60. The van der Waals surface area contributed by atoms with Crippen molar-refractivity contribution in [2.75, 3.05) is 0 Å². The highest BCUT2D eigenvalue weighted by atomic mass is 35.5. The molecule has 1 atom stereocenters. The van der Waals surface area contributed by atoms with E-state index in [0.29, 0.717) is 12.4 Å². The molecular formula is C15H16ClN3O. The van der Waals surface area contributed by atoms with Crippen LogP contribution in [0.25, 0.3) is 11.0 Å². The van der Waals surface area contributed by atoms with Crippen molar-refractivity contribution in [1.82, 2.24) is 14.5 Å². The van der Waals surface area contributed by atoms with Gasteiger partial charge in [-0.3, -0.25) is 0 Å². The largest absolute Gasteiger partial charge is 0.444 e. The van der Waals surface area contributed by atoms with E-state index in [1.807, 2.05) is 45.0 Å². The zero-order chi connectivity index (χ0) is 14.3. The summed E-state index contributed by atoms with van der Waals surface area (Å²) < 4.78 is 7.74. The van der Waals surface area contributed by atoms with Gasteiger partial charge in [-0.15, -0.1) is 11.6 Å². The van der Waals surface area contributed by atoms with E-state index in [1.165, 1.54) is 0 Å². The van der Waals surface area contributed by atoms with Crippen LogP contribution in [-0.2, 0) is 6.54 Å². The Kier molecular flexibility index (Phi) is 3.26. The molecule has 1 unspecified atom stereocenters. The van der Waals surface area contributed by atoms with Crippen molar-refractivity contribution in [3.63, 3.8) is 0 Å². The zero-order valence-electron chi connectivity index (χ0n) is 11.7. The number of halogens is 1. The van der Waals surface area contributed by atoms with Gasteiger partial charge in [0.05, 0.1) is 22.1 Å². The maximum absolute atomic E-state index is 6.25. The second-order valence-electron chi connectivity index (χ2n) is 4.91. The molecule has 0 N–H and O–H groups in total. The number of oxazole rings is 1. The van der Waals surface area contributed by atoms with Gasteiger partial charge in [0.15, 0.2) is 0 Å². The van der Waals surface area contributed by atoms with Crippen LogP contribution in [0.1, 0.15) is 35.5 Å². The molecule has 0 saturated carbocycles. The lowest BCUT2D eigenvalue weighted by atomic mass is 10.3. The summed E-state index contributed by atoms with van der Waals surface area (Å²) in [5.74, 6) is 2.37. The number of hydrogen-bond acceptors (Lipinski definition) is 3. The number of aryl methyl sites for hydroxylation is 2. The SMILES string of the molecule is Cc1nc(Cn2c(C(C)Cl)nc3ccccc32)oc1C. The first kappa shape index (κ1) is 13.2. The van der Waals surface area contributed by atoms with Gasteiger partial charge in [0.1, 0.15) is 18.1 Å². The normalized spacial score (nSPS) is 13.0. The molecule has 0 bridgehead atoms. The summed E-state index contributed by atoms with van der Waals surface area (Å²) in [5, 5.41) is -0.167. The standard InChI is InChI=1S/C15H16ClN3O/c1-9(16)15-18-12-6-4-5-7-13(12)19(15)8-14-17-10(2)11(3)20-14/h4-7,9H,8H2,1-3H3. The van der Waals surface area contributed by atoms with Crippen LogP contribution in [0.3, 0.4) is 0 Å². The van der Waals surface area contributed by atoms with Crippen molar-refractivity contribution >= 4 is 22.6 Å². The number of hydrogen-bond donors (Lipinski definition) is 0. The summed E-state index contributed by atoms with van der Waals surface area (Å²) in [7, 11) is 0. The van der Waals surface area contributed by atoms with Gasteiger partial charge in [0.25, 0.3) is 0 Å². The molecule has 2 heterocycles. The van der Waals surface area contributed by atoms with E-state index >= 15 is 0 Å². The minimum Gasteiger partial charge on any atom is -0.444 e. The minimum absolute atomic E-state index is 0.167. The summed E-state index contributed by atoms with van der Waals surface area (Å²) in [6, 6.07) is 7.99. The average molecular weight is 290 g/mol. The third kappa shape index (κ3) is 2.20. The second-order valence-corrected chi connectivity index (χ2v) is 5.56. The van der Waals surface area contributed by atoms with Crippen molar-refractivity contribution in [3.8, 4) is 0 Å². The van der Waals surface area contributed by atoms with Gasteiger partial charge in [0, 0.05) is 0 Å². The van der Waals surface area contributed by atoms with Crippen LogP contribution in [0, 0.1) is 13.8 Å². The number of fused-ring (bicyclic) bond motifs is 1. The Bertz CT molecular complexity index is 738. The Hall–Kier alpha value is -1.81. The number of benzene rings is 1. The van der Waals surface area contributed by atoms with Gasteiger partial charge in [-0.25, -0.2) is 9.97 Å². The number of aromatic nitrogens is 3. The molecule has 3 aromatic rings. The fraction of sp³-hybridized carbons (Fsp3) is 0.333. The summed E-state index contributed by atoms with van der Waals surface area (Å²) in [5.41, 5.74) is 2.91. The number of imidazole rings is 1. The lowest BCUT2D eigenvalue weighted by Crippen LogP contribution is -2.06. The van der Waals surface area contributed by atoms with E-state index < -0.39 is 0 Å². The van der Waals surface area contributed by atoms with E-state index in [9.17, 15) is 0 Å². The van der Waals surface area contributed by atoms with Crippen LogP contribution < -0.4 is 0 Å². The van der Waals surface area contributed by atoms with Gasteiger partial charge < -0.3 is 8.98 Å². The predicted molar refractivity (Wildman–Crippen MR) is 79.1 cm³/mol. The molecular weight excluding hydrogens is 274 g/mol. The first-order valence-corrected chi connectivity index (χ1v) is 7.02. The summed E-state index contributed by atoms with van der Waals surface area (Å²) >= 11 is 6.25. The maximum atomic E-state index is 6.25. The Morgan fingerprint density at radius 3 is 2.65 bits per heavy atom. The number of rotatable bonds is 3. The van der Waals surface area contributed by atoms with Crippen molar-refractivity contribution in [3.05, 3.63) is 47.4 Å². The Morgan fingerprint density at radius 2 is 2.00 bits per heavy atom. The highest BCUT2D eigenvalue weighted by Crippen LogP contribution is 2.25. The first-order chi connectivity index (χ1) is 9.56. The molecule has 0 saturated heterocycles. The number of nitrogens with zero attached hydrogens (tertiary/aromatic N) is 3. The highest BCUT2D eigenvalue weighted by molar-refractivity contribution is 6.20. The second kappa shape index (κ2) is 4.94. The van der Waals surface area contributed by atoms with Gasteiger partial charge in [-0.2, -0.15) is 0 Å². The maximum Gasteiger partial charge on any atom is 0.214 e. The Balaban J connectivity index is 2.11. The molecule has 0 aliphatic rings. The van der Waals surface area contributed by atoms with Gasteiger partial charge >= 0.3 is 0 Å². The smallest absolute Gasteiger partial charge is 0.214 e. The number of para-hydroxylation sites is 2. The van der Waals surface area contributed by atoms with E-state index in [1.54, 1.807) is 0 Å². The Morgan fingerprint density at radius 1 is 1.25 bits per heavy atom. The quantitative estimate of drug-likeness (QED) is 0.685. The molecule has 3 rings (SSSR count). The fourth-order valence-corrected chi connectivity index (χ4v) is 2.47. The lowest BCUT2D eigenvalue weighted by Gasteiger charge is -2.08. The third-order valence-electron chi connectivity index (χ3n) is 3.41. The van der Waals surface area contributed by atoms with Crippen LogP contribution in [0.2, 0.25) is 0 Å². The van der Waals surface area contributed by atoms with Crippen LogP contribution in [-0.4, -0.2) is 14.5 Å². The zero-order valence-corrected chi connectivity index (χ0v) is 12.5. The topological polar surface area (TPSA) is 43.9 Å². The molecule has 0 aliphatic carbocycles. The van der Waals surface area contributed by atoms with Crippen LogP contribution in [0.5, 0.6) is 0 Å². The van der Waals surface area contributed by atoms with Gasteiger partial charge in [0.2, 0.25) is 5.89 Å². The summed E-state index contributed by atoms with van der Waals surface area (Å²) in [4.78, 5) is 9.03. The van der Waals surface area contributed by atoms with Crippen molar-refractivity contribution in [2.45, 2.75) is 32.7 Å². The van der Waals surface area contributed by atoms with Crippen LogP contribution in [0.4, 0.5) is 0 Å². The Labute approximate surface area is 122 Å². The fourth-order valence-electron chi connectivity index (χ4n) is 2.31. The monoisotopic (exact) mass is 289 g/mol. The molecule has 104 valence electrons. The summed E-state index contributed by atoms with van der Waals surface area (Å²) in [6.45, 7) is 6.33. The number of alkyl halides is 1. The molecule has 0 amide bonds. The van der Waals surface area contributed by atoms with Crippen molar-refractivity contribution < 1.29 is 4.42 Å².